The highest BCUT2D eigenvalue weighted by atomic mass is 16.5. The molecule has 0 atom stereocenters. The largest absolute Gasteiger partial charge is 0.452 e. The molecule has 0 heterocycles. The molecule has 0 aromatic heterocycles. The van der Waals surface area contributed by atoms with E-state index in [0.717, 1.165) is 5.56 Å². The summed E-state index contributed by atoms with van der Waals surface area (Å²) in [4.78, 5) is 9.63. The molecule has 3 nitrogen and oxygen atoms in total. The molecule has 0 aliphatic rings. The van der Waals surface area contributed by atoms with E-state index in [9.17, 15) is 4.79 Å². The molecule has 0 bridgehead atoms. The Morgan fingerprint density at radius 1 is 1.33 bits per heavy atom. The molecule has 0 spiro atoms. The second-order valence-corrected chi connectivity index (χ2v) is 1.86. The van der Waals surface area contributed by atoms with Crippen LogP contribution in [-0.2, 0) is 16.1 Å². The van der Waals surface area contributed by atoms with Gasteiger partial charge in [-0.15, -0.1) is 0 Å². The fraction of sp³-hybridized carbons (Fsp3) is 0.111. The van der Waals surface area contributed by atoms with E-state index < -0.39 is 0 Å². The van der Waals surface area contributed by atoms with E-state index >= 15 is 0 Å². The Morgan fingerprint density at radius 3 is 2.42 bits per heavy atom. The molecule has 0 aliphatic heterocycles. The van der Waals surface area contributed by atoms with Crippen LogP contribution in [0.5, 0.6) is 0 Å². The minimum Gasteiger partial charge on any atom is -0.452 e. The molecule has 0 saturated carbocycles. The molecule has 61 valence electrons. The highest BCUT2D eigenvalue weighted by molar-refractivity contribution is 5.38. The third kappa shape index (κ3) is 4.07. The van der Waals surface area contributed by atoms with Crippen molar-refractivity contribution in [3.05, 3.63) is 35.9 Å². The molecule has 1 aromatic carbocycles. The van der Waals surface area contributed by atoms with E-state index in [0.29, 0.717) is 6.61 Å². The van der Waals surface area contributed by atoms with Crippen molar-refractivity contribution in [3.63, 3.8) is 0 Å². The summed E-state index contributed by atoms with van der Waals surface area (Å²) in [7, 11) is 0. The van der Waals surface area contributed by atoms with Crippen molar-refractivity contribution in [1.29, 1.82) is 5.26 Å². The Kier molecular flexibility index (Phi) is 6.18. The summed E-state index contributed by atoms with van der Waals surface area (Å²) in [5.74, 6) is 0. The van der Waals surface area contributed by atoms with E-state index in [2.05, 4.69) is 11.3 Å². The lowest BCUT2D eigenvalue weighted by molar-refractivity contribution is 0.267. The van der Waals surface area contributed by atoms with Gasteiger partial charge in [0.25, 0.3) is 0 Å². The average molecular weight is 162 g/mol. The van der Waals surface area contributed by atoms with Gasteiger partial charge in [0.2, 0.25) is 0 Å². The Morgan fingerprint density at radius 2 is 1.92 bits per heavy atom. The first-order valence-corrected chi connectivity index (χ1v) is 3.22. The summed E-state index contributed by atoms with van der Waals surface area (Å²) in [6.07, 6.45) is 0. The fourth-order valence-corrected chi connectivity index (χ4v) is 0.687. The summed E-state index contributed by atoms with van der Waals surface area (Å²) in [5, 5.41) is 6.50. The second-order valence-electron chi connectivity index (χ2n) is 1.86. The molecule has 1 rings (SSSR count). The van der Waals surface area contributed by atoms with Crippen LogP contribution in [0.3, 0.4) is 0 Å². The zero-order valence-electron chi connectivity index (χ0n) is 6.43. The molecule has 1 radical (unpaired) electrons. The van der Waals surface area contributed by atoms with Gasteiger partial charge in [-0.05, 0) is 5.56 Å². The number of ether oxygens (including phenoxy) is 1. The molecule has 0 aliphatic carbocycles. The van der Waals surface area contributed by atoms with Crippen molar-refractivity contribution in [2.75, 3.05) is 0 Å². The van der Waals surface area contributed by atoms with Crippen LogP contribution in [-0.4, -0.2) is 6.47 Å². The third-order valence-corrected chi connectivity index (χ3v) is 1.14. The first-order valence-electron chi connectivity index (χ1n) is 3.22. The Labute approximate surface area is 71.2 Å². The molecule has 1 aromatic rings. The number of nitriles is 1. The smallest absolute Gasteiger partial charge is 0.417 e. The van der Waals surface area contributed by atoms with Crippen molar-refractivity contribution in [3.8, 4) is 6.57 Å². The van der Waals surface area contributed by atoms with Crippen molar-refractivity contribution >= 4 is 6.47 Å². The fourth-order valence-electron chi connectivity index (χ4n) is 0.687. The van der Waals surface area contributed by atoms with Crippen LogP contribution in [0, 0.1) is 11.8 Å². The third-order valence-electron chi connectivity index (χ3n) is 1.14. The molecular weight excluding hydrogens is 154 g/mol. The highest BCUT2D eigenvalue weighted by Gasteiger charge is 1.88. The Balaban J connectivity index is 0.000000561. The molecule has 3 heteroatoms. The van der Waals surface area contributed by atoms with Crippen LogP contribution in [0.25, 0.3) is 0 Å². The number of nitrogens with zero attached hydrogens (tertiary/aromatic N) is 1. The molecule has 12 heavy (non-hydrogen) atoms. The quantitative estimate of drug-likeness (QED) is 0.675. The summed E-state index contributed by atoms with van der Waals surface area (Å²) in [6.45, 7) is 5.18. The zero-order chi connectivity index (χ0) is 9.23. The van der Waals surface area contributed by atoms with Gasteiger partial charge < -0.3 is 4.74 Å². The van der Waals surface area contributed by atoms with Gasteiger partial charge in [0.1, 0.15) is 6.61 Å². The van der Waals surface area contributed by atoms with Gasteiger partial charge in [-0.2, -0.15) is 0 Å². The summed E-state index contributed by atoms with van der Waals surface area (Å²) in [6, 6.07) is 9.47. The first kappa shape index (κ1) is 10.2. The predicted octanol–water partition coefficient (Wildman–Crippen LogP) is 1.41. The van der Waals surface area contributed by atoms with Gasteiger partial charge in [-0.25, -0.2) is 10.1 Å². The number of carbonyl (C=O) groups excluding carboxylic acids is 1. The maximum Gasteiger partial charge on any atom is 0.417 e. The average Bonchev–Trinajstić information content (AvgIpc) is 2.19. The molecule has 0 N–H and O–H groups in total. The topological polar surface area (TPSA) is 50.1 Å². The van der Waals surface area contributed by atoms with Crippen LogP contribution in [0.1, 0.15) is 5.56 Å². The number of rotatable bonds is 3. The van der Waals surface area contributed by atoms with E-state index in [-0.39, 0.29) is 0 Å². The number of hydrogen-bond donors (Lipinski definition) is 0. The number of benzene rings is 1. The summed E-state index contributed by atoms with van der Waals surface area (Å²) < 4.78 is 4.41. The Hall–Kier alpha value is -1.82. The first-order chi connectivity index (χ1) is 5.93. The molecule has 0 amide bonds. The van der Waals surface area contributed by atoms with Gasteiger partial charge >= 0.3 is 6.47 Å². The van der Waals surface area contributed by atoms with E-state index in [1.54, 1.807) is 0 Å². The van der Waals surface area contributed by atoms with Crippen molar-refractivity contribution in [2.24, 2.45) is 0 Å². The van der Waals surface area contributed by atoms with Gasteiger partial charge in [0, 0.05) is 6.57 Å². The molecule has 0 fully saturated rings. The van der Waals surface area contributed by atoms with Gasteiger partial charge in [0.05, 0.1) is 0 Å². The van der Waals surface area contributed by atoms with Crippen LogP contribution >= 0.6 is 0 Å². The Bertz CT molecular complexity index is 231. The van der Waals surface area contributed by atoms with E-state index in [4.69, 9.17) is 5.26 Å². The second kappa shape index (κ2) is 7.29. The van der Waals surface area contributed by atoms with Gasteiger partial charge in [-0.1, -0.05) is 30.3 Å². The van der Waals surface area contributed by atoms with Crippen molar-refractivity contribution in [2.45, 2.75) is 6.61 Å². The number of hydrogen-bond acceptors (Lipinski definition) is 3. The predicted molar refractivity (Wildman–Crippen MR) is 43.6 cm³/mol. The van der Waals surface area contributed by atoms with Gasteiger partial charge in [0.15, 0.2) is 0 Å². The van der Waals surface area contributed by atoms with E-state index in [1.807, 2.05) is 30.3 Å². The normalized spacial score (nSPS) is 7.50. The standard InChI is InChI=1S/C8H7O2.CHN/c9-7-10-6-8-4-2-1-3-5-8;1-2/h1-5H,6H2;1H. The van der Waals surface area contributed by atoms with Crippen molar-refractivity contribution in [1.82, 2.24) is 0 Å². The van der Waals surface area contributed by atoms with Crippen LogP contribution < -0.4 is 0 Å². The monoisotopic (exact) mass is 162 g/mol. The SMILES string of the molecule is C#N.O=[C]OCc1ccccc1. The zero-order valence-corrected chi connectivity index (χ0v) is 6.43. The minimum absolute atomic E-state index is 0.310. The molecule has 0 saturated heterocycles. The minimum atomic E-state index is 0.310. The van der Waals surface area contributed by atoms with Crippen LogP contribution in [0.4, 0.5) is 0 Å². The molecular formula is C9H8NO2. The van der Waals surface area contributed by atoms with Gasteiger partial charge in [-0.3, -0.25) is 0 Å². The highest BCUT2D eigenvalue weighted by Crippen LogP contribution is 1.98. The van der Waals surface area contributed by atoms with Crippen LogP contribution in [0.15, 0.2) is 30.3 Å². The van der Waals surface area contributed by atoms with Crippen LogP contribution in [0.2, 0.25) is 0 Å². The lowest BCUT2D eigenvalue weighted by atomic mass is 10.2. The van der Waals surface area contributed by atoms with Crippen molar-refractivity contribution < 1.29 is 9.53 Å². The maximum atomic E-state index is 9.63. The molecule has 0 unspecified atom stereocenters. The lowest BCUT2D eigenvalue weighted by Gasteiger charge is -1.95. The summed E-state index contributed by atoms with van der Waals surface area (Å²) in [5.41, 5.74) is 0.978. The maximum absolute atomic E-state index is 9.63. The summed E-state index contributed by atoms with van der Waals surface area (Å²) >= 11 is 0. The lowest BCUT2D eigenvalue weighted by Crippen LogP contribution is -1.87. The van der Waals surface area contributed by atoms with E-state index in [1.165, 1.54) is 6.47 Å².